The summed E-state index contributed by atoms with van der Waals surface area (Å²) >= 11 is 0. The third-order valence-electron chi connectivity index (χ3n) is 10.6. The van der Waals surface area contributed by atoms with Crippen molar-refractivity contribution in [2.45, 2.75) is 238 Å². The number of allylic oxidation sites excluding steroid dienone is 8. The van der Waals surface area contributed by atoms with E-state index in [2.05, 4.69) is 67.0 Å². The zero-order chi connectivity index (χ0) is 43.2. The molecule has 0 aromatic heterocycles. The Kier molecular flexibility index (Phi) is 44.0. The number of carbonyl (C=O) groups excluding carboxylic acids is 2. The highest BCUT2D eigenvalue weighted by atomic mass is 31.2. The first-order valence-corrected chi connectivity index (χ1v) is 25.8. The van der Waals surface area contributed by atoms with Crippen molar-refractivity contribution in [2.75, 3.05) is 20.3 Å². The van der Waals surface area contributed by atoms with Gasteiger partial charge in [0.1, 0.15) is 6.61 Å². The molecule has 1 N–H and O–H groups in total. The van der Waals surface area contributed by atoms with Crippen LogP contribution in [0.1, 0.15) is 232 Å². The van der Waals surface area contributed by atoms with Crippen LogP contribution in [0.4, 0.5) is 0 Å². The number of phosphoric ester groups is 1. The summed E-state index contributed by atoms with van der Waals surface area (Å²) in [6, 6.07) is 0. The molecule has 0 aliphatic carbocycles. The van der Waals surface area contributed by atoms with Crippen molar-refractivity contribution >= 4 is 19.8 Å². The Morgan fingerprint density at radius 2 is 0.864 bits per heavy atom. The van der Waals surface area contributed by atoms with Gasteiger partial charge in [0.05, 0.1) is 6.61 Å². The summed E-state index contributed by atoms with van der Waals surface area (Å²) in [5, 5.41) is 0. The molecule has 0 spiro atoms. The molecule has 0 heterocycles. The third kappa shape index (κ3) is 45.4. The molecule has 0 aromatic carbocycles. The molecule has 0 bridgehead atoms. The van der Waals surface area contributed by atoms with E-state index in [1.54, 1.807) is 0 Å². The number of ether oxygens (including phenoxy) is 2. The van der Waals surface area contributed by atoms with Gasteiger partial charge in [-0.3, -0.25) is 18.6 Å². The number of unbranched alkanes of at least 4 members (excludes halogenated alkanes) is 26. The van der Waals surface area contributed by atoms with Crippen molar-refractivity contribution in [3.63, 3.8) is 0 Å². The molecule has 59 heavy (non-hydrogen) atoms. The van der Waals surface area contributed by atoms with Gasteiger partial charge in [-0.2, -0.15) is 0 Å². The van der Waals surface area contributed by atoms with Gasteiger partial charge in [0, 0.05) is 20.0 Å². The van der Waals surface area contributed by atoms with E-state index in [1.165, 1.54) is 128 Å². The van der Waals surface area contributed by atoms with Gasteiger partial charge in [-0.25, -0.2) is 4.57 Å². The molecule has 0 aromatic rings. The summed E-state index contributed by atoms with van der Waals surface area (Å²) in [7, 11) is -3.20. The molecule has 0 fully saturated rings. The maximum absolute atomic E-state index is 12.6. The highest BCUT2D eigenvalue weighted by Crippen LogP contribution is 2.42. The lowest BCUT2D eigenvalue weighted by molar-refractivity contribution is -0.161. The Hall–Kier alpha value is -1.99. The average Bonchev–Trinajstić information content (AvgIpc) is 3.23. The standard InChI is InChI=1S/C50H91O8P/c1-4-6-8-10-12-14-16-18-20-22-24-25-27-29-31-33-35-37-39-41-43-45-50(52)58-48(47-57-59(53,54)55-3)46-56-49(51)44-42-40-38-36-34-32-30-28-26-23-21-19-17-15-13-11-9-7-5-2/h6,8,12,14,18,20,24-25,48H,4-5,7,9-11,13,15-17,19,21-23,26-47H2,1-3H3,(H,53,54)/b8-6-,14-12-,20-18-,25-24-. The fraction of sp³-hybridized carbons (Fsp3) is 0.800. The van der Waals surface area contributed by atoms with Crippen molar-refractivity contribution in [3.8, 4) is 0 Å². The first-order chi connectivity index (χ1) is 28.8. The van der Waals surface area contributed by atoms with Crippen LogP contribution < -0.4 is 0 Å². The number of phosphoric acid groups is 1. The summed E-state index contributed by atoms with van der Waals surface area (Å²) in [5.41, 5.74) is 0. The fourth-order valence-electron chi connectivity index (χ4n) is 6.89. The summed E-state index contributed by atoms with van der Waals surface area (Å²) < 4.78 is 32.1. The zero-order valence-corrected chi connectivity index (χ0v) is 39.3. The van der Waals surface area contributed by atoms with Crippen LogP contribution >= 0.6 is 7.82 Å². The van der Waals surface area contributed by atoms with Crippen molar-refractivity contribution in [1.29, 1.82) is 0 Å². The maximum atomic E-state index is 12.6. The van der Waals surface area contributed by atoms with Crippen molar-refractivity contribution < 1.29 is 37.6 Å². The van der Waals surface area contributed by atoms with Gasteiger partial charge in [-0.05, 0) is 51.4 Å². The van der Waals surface area contributed by atoms with Gasteiger partial charge < -0.3 is 14.4 Å². The normalized spacial score (nSPS) is 13.6. The molecular formula is C50H91O8P. The van der Waals surface area contributed by atoms with Gasteiger partial charge in [0.25, 0.3) is 0 Å². The minimum Gasteiger partial charge on any atom is -0.462 e. The monoisotopic (exact) mass is 851 g/mol. The average molecular weight is 851 g/mol. The lowest BCUT2D eigenvalue weighted by Crippen LogP contribution is -2.29. The van der Waals surface area contributed by atoms with E-state index < -0.39 is 26.5 Å². The second-order valence-electron chi connectivity index (χ2n) is 16.2. The molecule has 0 rings (SSSR count). The minimum atomic E-state index is -4.27. The van der Waals surface area contributed by atoms with Gasteiger partial charge in [-0.1, -0.05) is 217 Å². The van der Waals surface area contributed by atoms with Gasteiger partial charge in [-0.15, -0.1) is 0 Å². The van der Waals surface area contributed by atoms with Crippen LogP contribution in [0.2, 0.25) is 0 Å². The van der Waals surface area contributed by atoms with Crippen LogP contribution in [-0.4, -0.2) is 43.3 Å². The fourth-order valence-corrected chi connectivity index (χ4v) is 7.35. The van der Waals surface area contributed by atoms with Crippen LogP contribution in [0.3, 0.4) is 0 Å². The number of rotatable bonds is 45. The Morgan fingerprint density at radius 1 is 0.492 bits per heavy atom. The second-order valence-corrected chi connectivity index (χ2v) is 17.8. The van der Waals surface area contributed by atoms with Crippen LogP contribution in [0.5, 0.6) is 0 Å². The Morgan fingerprint density at radius 3 is 1.29 bits per heavy atom. The van der Waals surface area contributed by atoms with E-state index in [0.29, 0.717) is 12.8 Å². The summed E-state index contributed by atoms with van der Waals surface area (Å²) in [6.07, 6.45) is 56.0. The van der Waals surface area contributed by atoms with Crippen molar-refractivity contribution in [3.05, 3.63) is 48.6 Å². The highest BCUT2D eigenvalue weighted by molar-refractivity contribution is 7.47. The topological polar surface area (TPSA) is 108 Å². The lowest BCUT2D eigenvalue weighted by Gasteiger charge is -2.19. The Labute approximate surface area is 363 Å². The predicted molar refractivity (Wildman–Crippen MR) is 249 cm³/mol. The SMILES string of the molecule is CC/C=C\C/C=C\C/C=C\C/C=C\CCCCCCCCCCC(=O)OC(COC(=O)CCCCCCCCCCCCCCCCCCCCC)COP(=O)(O)OC. The van der Waals surface area contributed by atoms with E-state index in [-0.39, 0.29) is 19.0 Å². The first-order valence-electron chi connectivity index (χ1n) is 24.3. The molecule has 0 aliphatic heterocycles. The molecule has 0 radical (unpaired) electrons. The van der Waals surface area contributed by atoms with E-state index in [4.69, 9.17) is 14.0 Å². The first kappa shape index (κ1) is 57.0. The van der Waals surface area contributed by atoms with Gasteiger partial charge in [0.15, 0.2) is 6.10 Å². The van der Waals surface area contributed by atoms with E-state index in [1.807, 2.05) is 0 Å². The van der Waals surface area contributed by atoms with Crippen LogP contribution in [-0.2, 0) is 32.7 Å². The summed E-state index contributed by atoms with van der Waals surface area (Å²) in [4.78, 5) is 34.6. The largest absolute Gasteiger partial charge is 0.472 e. The number of hydrogen-bond donors (Lipinski definition) is 1. The van der Waals surface area contributed by atoms with Gasteiger partial charge >= 0.3 is 19.8 Å². The maximum Gasteiger partial charge on any atom is 0.472 e. The summed E-state index contributed by atoms with van der Waals surface area (Å²) in [6.45, 7) is 3.80. The van der Waals surface area contributed by atoms with Gasteiger partial charge in [0.2, 0.25) is 0 Å². The van der Waals surface area contributed by atoms with Crippen LogP contribution in [0.25, 0.3) is 0 Å². The van der Waals surface area contributed by atoms with E-state index in [0.717, 1.165) is 77.7 Å². The molecule has 0 aliphatic rings. The molecule has 8 nitrogen and oxygen atoms in total. The smallest absolute Gasteiger partial charge is 0.462 e. The Balaban J connectivity index is 3.93. The molecular weight excluding hydrogens is 760 g/mol. The second kappa shape index (κ2) is 45.5. The van der Waals surface area contributed by atoms with E-state index >= 15 is 0 Å². The number of esters is 2. The molecule has 2 atom stereocenters. The molecule has 0 saturated carbocycles. The minimum absolute atomic E-state index is 0.226. The Bertz CT molecular complexity index is 1100. The quantitative estimate of drug-likeness (QED) is 0.0279. The molecule has 0 saturated heterocycles. The highest BCUT2D eigenvalue weighted by Gasteiger charge is 2.24. The molecule has 2 unspecified atom stereocenters. The number of hydrogen-bond acceptors (Lipinski definition) is 7. The lowest BCUT2D eigenvalue weighted by atomic mass is 10.0. The zero-order valence-electron chi connectivity index (χ0n) is 38.4. The van der Waals surface area contributed by atoms with Crippen LogP contribution in [0, 0.1) is 0 Å². The molecule has 9 heteroatoms. The van der Waals surface area contributed by atoms with Crippen molar-refractivity contribution in [1.82, 2.24) is 0 Å². The summed E-state index contributed by atoms with van der Waals surface area (Å²) in [5.74, 6) is -0.804. The van der Waals surface area contributed by atoms with Crippen LogP contribution in [0.15, 0.2) is 48.6 Å². The molecule has 344 valence electrons. The number of carbonyl (C=O) groups is 2. The molecule has 0 amide bonds. The third-order valence-corrected chi connectivity index (χ3v) is 11.5. The van der Waals surface area contributed by atoms with E-state index in [9.17, 15) is 19.0 Å². The predicted octanol–water partition coefficient (Wildman–Crippen LogP) is 15.7. The van der Waals surface area contributed by atoms with Crippen molar-refractivity contribution in [2.24, 2.45) is 0 Å².